The standard InChI is InChI=1S/C28H25NO5/c30-23(18-8-6-17(7-9-18)16-4-2-1-3-5-16)15-34-24(31)12-13-29-27(32)25-19-10-11-20(22-14-21(19)22)26(25)28(29)33/h1-11,19-22,25-26H,12-15H2/t19-,20-,21-,22+,25+,26+/m1/s1. The topological polar surface area (TPSA) is 80.8 Å². The third-order valence-electron chi connectivity index (χ3n) is 7.97. The van der Waals surface area contributed by atoms with E-state index in [0.717, 1.165) is 17.5 Å². The number of Topliss-reactive ketones (excluding diaryl/α,β-unsaturated/α-hetero) is 1. The van der Waals surface area contributed by atoms with Crippen LogP contribution in [0, 0.1) is 35.5 Å². The summed E-state index contributed by atoms with van der Waals surface area (Å²) < 4.78 is 5.15. The van der Waals surface area contributed by atoms with E-state index >= 15 is 0 Å². The van der Waals surface area contributed by atoms with Gasteiger partial charge in [-0.1, -0.05) is 66.7 Å². The van der Waals surface area contributed by atoms with Crippen LogP contribution in [0.3, 0.4) is 0 Å². The van der Waals surface area contributed by atoms with E-state index in [9.17, 15) is 19.2 Å². The minimum absolute atomic E-state index is 0.0121. The highest BCUT2D eigenvalue weighted by molar-refractivity contribution is 6.06. The molecule has 1 heterocycles. The molecule has 4 aliphatic carbocycles. The normalized spacial score (nSPS) is 30.2. The number of nitrogens with zero attached hydrogens (tertiary/aromatic N) is 1. The molecule has 0 aromatic heterocycles. The van der Waals surface area contributed by atoms with Gasteiger partial charge in [-0.3, -0.25) is 24.1 Å². The lowest BCUT2D eigenvalue weighted by Crippen LogP contribution is -2.40. The summed E-state index contributed by atoms with van der Waals surface area (Å²) in [6.45, 7) is -0.355. The number of imide groups is 1. The molecule has 2 bridgehead atoms. The third-order valence-corrected chi connectivity index (χ3v) is 7.97. The number of benzene rings is 2. The highest BCUT2D eigenvalue weighted by Crippen LogP contribution is 2.65. The molecule has 2 amide bonds. The van der Waals surface area contributed by atoms with Crippen LogP contribution in [0.4, 0.5) is 0 Å². The molecule has 1 aliphatic heterocycles. The molecule has 0 radical (unpaired) electrons. The summed E-state index contributed by atoms with van der Waals surface area (Å²) in [4.78, 5) is 51.9. The molecular formula is C28H25NO5. The number of ketones is 1. The van der Waals surface area contributed by atoms with Gasteiger partial charge in [0.1, 0.15) is 0 Å². The van der Waals surface area contributed by atoms with Gasteiger partial charge >= 0.3 is 5.97 Å². The van der Waals surface area contributed by atoms with Crippen molar-refractivity contribution in [2.75, 3.05) is 13.2 Å². The van der Waals surface area contributed by atoms with Gasteiger partial charge in [0.2, 0.25) is 11.8 Å². The summed E-state index contributed by atoms with van der Waals surface area (Å²) in [6, 6.07) is 17.0. The van der Waals surface area contributed by atoms with E-state index < -0.39 is 5.97 Å². The van der Waals surface area contributed by atoms with Crippen LogP contribution in [0.25, 0.3) is 11.1 Å². The van der Waals surface area contributed by atoms with Crippen molar-refractivity contribution in [3.8, 4) is 11.1 Å². The van der Waals surface area contributed by atoms with Crippen molar-refractivity contribution in [2.24, 2.45) is 35.5 Å². The molecule has 5 aliphatic rings. The Morgan fingerprint density at radius 2 is 1.41 bits per heavy atom. The predicted octanol–water partition coefficient (Wildman–Crippen LogP) is 3.52. The SMILES string of the molecule is O=C(CCN1C(=O)[C@H]2[C@@H]3C=C[C@H]([C@@H]4C[C@H]34)[C@@H]2C1=O)OCC(=O)c1ccc(-c2ccccc2)cc1. The van der Waals surface area contributed by atoms with Gasteiger partial charge in [-0.15, -0.1) is 0 Å². The van der Waals surface area contributed by atoms with Crippen LogP contribution < -0.4 is 0 Å². The van der Waals surface area contributed by atoms with Crippen molar-refractivity contribution >= 4 is 23.6 Å². The first kappa shape index (κ1) is 21.0. The average molecular weight is 456 g/mol. The molecule has 2 aromatic rings. The van der Waals surface area contributed by atoms with Crippen molar-refractivity contribution in [2.45, 2.75) is 12.8 Å². The minimum Gasteiger partial charge on any atom is -0.457 e. The molecule has 2 saturated carbocycles. The lowest BCUT2D eigenvalue weighted by Gasteiger charge is -2.37. The van der Waals surface area contributed by atoms with Crippen LogP contribution in [0.5, 0.6) is 0 Å². The lowest BCUT2D eigenvalue weighted by atomic mass is 9.63. The number of likely N-dealkylation sites (tertiary alicyclic amines) is 1. The Bertz CT molecular complexity index is 1170. The molecule has 6 atom stereocenters. The van der Waals surface area contributed by atoms with Crippen molar-refractivity contribution in [1.82, 2.24) is 4.90 Å². The highest BCUT2D eigenvalue weighted by atomic mass is 16.5. The fourth-order valence-electron chi connectivity index (χ4n) is 6.22. The molecule has 0 N–H and O–H groups in total. The van der Waals surface area contributed by atoms with E-state index in [1.807, 2.05) is 42.5 Å². The van der Waals surface area contributed by atoms with Gasteiger partial charge in [0.05, 0.1) is 18.3 Å². The van der Waals surface area contributed by atoms with E-state index in [1.165, 1.54) is 4.90 Å². The third kappa shape index (κ3) is 3.40. The monoisotopic (exact) mass is 455 g/mol. The molecule has 3 fully saturated rings. The van der Waals surface area contributed by atoms with Crippen LogP contribution in [-0.2, 0) is 19.1 Å². The molecule has 6 heteroatoms. The molecule has 172 valence electrons. The largest absolute Gasteiger partial charge is 0.457 e. The summed E-state index contributed by atoms with van der Waals surface area (Å²) >= 11 is 0. The number of rotatable bonds is 7. The van der Waals surface area contributed by atoms with Crippen LogP contribution in [-0.4, -0.2) is 41.6 Å². The first-order chi connectivity index (χ1) is 16.5. The molecule has 6 nitrogen and oxygen atoms in total. The number of ether oxygens (including phenoxy) is 1. The van der Waals surface area contributed by atoms with E-state index in [-0.39, 0.29) is 60.8 Å². The Labute approximate surface area is 197 Å². The summed E-state index contributed by atoms with van der Waals surface area (Å²) in [5.74, 6) is -0.285. The Morgan fingerprint density at radius 1 is 0.824 bits per heavy atom. The second-order valence-electron chi connectivity index (χ2n) is 9.76. The molecule has 2 aromatic carbocycles. The molecule has 7 rings (SSSR count). The Hall–Kier alpha value is -3.54. The summed E-state index contributed by atoms with van der Waals surface area (Å²) in [5.41, 5.74) is 2.51. The van der Waals surface area contributed by atoms with Crippen molar-refractivity contribution in [3.05, 3.63) is 72.3 Å². The highest BCUT2D eigenvalue weighted by Gasteiger charge is 2.66. The van der Waals surface area contributed by atoms with Crippen molar-refractivity contribution in [1.29, 1.82) is 0 Å². The van der Waals surface area contributed by atoms with Gasteiger partial charge in [-0.2, -0.15) is 0 Å². The Kier molecular flexibility index (Phi) is 4.97. The first-order valence-electron chi connectivity index (χ1n) is 11.9. The molecule has 0 spiro atoms. The van der Waals surface area contributed by atoms with Gasteiger partial charge in [-0.25, -0.2) is 0 Å². The van der Waals surface area contributed by atoms with E-state index in [4.69, 9.17) is 4.74 Å². The fourth-order valence-corrected chi connectivity index (χ4v) is 6.22. The van der Waals surface area contributed by atoms with Crippen molar-refractivity contribution < 1.29 is 23.9 Å². The maximum atomic E-state index is 13.0. The number of carbonyl (C=O) groups excluding carboxylic acids is 4. The van der Waals surface area contributed by atoms with E-state index in [2.05, 4.69) is 12.2 Å². The van der Waals surface area contributed by atoms with Gasteiger partial charge in [0, 0.05) is 12.1 Å². The number of amides is 2. The van der Waals surface area contributed by atoms with Gasteiger partial charge < -0.3 is 4.74 Å². The Morgan fingerprint density at radius 3 is 2.03 bits per heavy atom. The van der Waals surface area contributed by atoms with E-state index in [1.54, 1.807) is 12.1 Å². The second kappa shape index (κ2) is 8.05. The quantitative estimate of drug-likeness (QED) is 0.276. The molecular weight excluding hydrogens is 430 g/mol. The van der Waals surface area contributed by atoms with Crippen molar-refractivity contribution in [3.63, 3.8) is 0 Å². The molecule has 34 heavy (non-hydrogen) atoms. The molecule has 0 unspecified atom stereocenters. The fraction of sp³-hybridized carbons (Fsp3) is 0.357. The van der Waals surface area contributed by atoms with Crippen LogP contribution in [0.15, 0.2) is 66.7 Å². The Balaban J connectivity index is 1.01. The smallest absolute Gasteiger partial charge is 0.308 e. The van der Waals surface area contributed by atoms with E-state index in [0.29, 0.717) is 17.4 Å². The minimum atomic E-state index is -0.589. The lowest BCUT2D eigenvalue weighted by molar-refractivity contribution is -0.145. The van der Waals surface area contributed by atoms with Crippen LogP contribution >= 0.6 is 0 Å². The average Bonchev–Trinajstić information content (AvgIpc) is 3.66. The number of allylic oxidation sites excluding steroid dienone is 2. The zero-order chi connectivity index (χ0) is 23.4. The summed E-state index contributed by atoms with van der Waals surface area (Å²) in [6.07, 6.45) is 5.26. The van der Waals surface area contributed by atoms with Gasteiger partial charge in [0.15, 0.2) is 12.4 Å². The van der Waals surface area contributed by atoms with Crippen LogP contribution in [0.2, 0.25) is 0 Å². The second-order valence-corrected chi connectivity index (χ2v) is 9.76. The van der Waals surface area contributed by atoms with Gasteiger partial charge in [0.25, 0.3) is 0 Å². The zero-order valence-electron chi connectivity index (χ0n) is 18.6. The number of carbonyl (C=O) groups is 4. The number of esters is 1. The molecule has 1 saturated heterocycles. The summed E-state index contributed by atoms with van der Waals surface area (Å²) in [7, 11) is 0. The number of hydrogen-bond acceptors (Lipinski definition) is 5. The van der Waals surface area contributed by atoms with Crippen LogP contribution in [0.1, 0.15) is 23.2 Å². The first-order valence-corrected chi connectivity index (χ1v) is 11.9. The predicted molar refractivity (Wildman–Crippen MR) is 123 cm³/mol. The summed E-state index contributed by atoms with van der Waals surface area (Å²) in [5, 5.41) is 0. The zero-order valence-corrected chi connectivity index (χ0v) is 18.6. The number of hydrogen-bond donors (Lipinski definition) is 0. The maximum absolute atomic E-state index is 13.0. The maximum Gasteiger partial charge on any atom is 0.308 e. The van der Waals surface area contributed by atoms with Gasteiger partial charge in [-0.05, 0) is 41.2 Å².